The molecule has 0 aliphatic carbocycles. The van der Waals surface area contributed by atoms with Gasteiger partial charge in [0, 0.05) is 19.1 Å². The van der Waals surface area contributed by atoms with Crippen molar-refractivity contribution < 1.29 is 5.11 Å². The van der Waals surface area contributed by atoms with Gasteiger partial charge in [-0.25, -0.2) is 0 Å². The van der Waals surface area contributed by atoms with Crippen molar-refractivity contribution in [3.05, 3.63) is 0 Å². The Labute approximate surface area is 87.5 Å². The van der Waals surface area contributed by atoms with E-state index in [4.69, 9.17) is 5.11 Å². The molecule has 3 nitrogen and oxygen atoms in total. The lowest BCUT2D eigenvalue weighted by Crippen LogP contribution is -2.40. The number of aliphatic hydroxyl groups is 1. The molecule has 1 saturated heterocycles. The van der Waals surface area contributed by atoms with Crippen molar-refractivity contribution in [2.75, 3.05) is 33.3 Å². The second kappa shape index (κ2) is 6.38. The first kappa shape index (κ1) is 12.0. The third-order valence-corrected chi connectivity index (χ3v) is 3.17. The van der Waals surface area contributed by atoms with Gasteiger partial charge in [-0.15, -0.1) is 0 Å². The molecule has 0 bridgehead atoms. The van der Waals surface area contributed by atoms with E-state index in [0.717, 1.165) is 12.5 Å². The first-order valence-corrected chi connectivity index (χ1v) is 5.80. The molecule has 1 aliphatic rings. The number of likely N-dealkylation sites (tertiary alicyclic amines) is 1. The van der Waals surface area contributed by atoms with E-state index in [1.54, 1.807) is 0 Å². The first-order chi connectivity index (χ1) is 6.80. The highest BCUT2D eigenvalue weighted by Crippen LogP contribution is 2.20. The van der Waals surface area contributed by atoms with E-state index in [1.807, 2.05) is 7.05 Å². The summed E-state index contributed by atoms with van der Waals surface area (Å²) in [7, 11) is 1.92. The minimum Gasteiger partial charge on any atom is -0.395 e. The minimum atomic E-state index is 0.242. The average molecular weight is 200 g/mol. The summed E-state index contributed by atoms with van der Waals surface area (Å²) in [5, 5.41) is 12.2. The van der Waals surface area contributed by atoms with Crippen LogP contribution in [0.5, 0.6) is 0 Å². The predicted octanol–water partition coefficient (Wildman–Crippen LogP) is 0.689. The van der Waals surface area contributed by atoms with Crippen molar-refractivity contribution in [2.24, 2.45) is 5.92 Å². The fourth-order valence-corrected chi connectivity index (χ4v) is 2.27. The molecule has 0 amide bonds. The van der Waals surface area contributed by atoms with E-state index in [1.165, 1.54) is 32.4 Å². The molecule has 1 heterocycles. The van der Waals surface area contributed by atoms with Crippen LogP contribution >= 0.6 is 0 Å². The molecule has 14 heavy (non-hydrogen) atoms. The Morgan fingerprint density at radius 1 is 1.57 bits per heavy atom. The Balaban J connectivity index is 2.21. The Morgan fingerprint density at radius 3 is 2.93 bits per heavy atom. The summed E-state index contributed by atoms with van der Waals surface area (Å²) in [4.78, 5) is 2.47. The van der Waals surface area contributed by atoms with E-state index in [9.17, 15) is 0 Å². The highest BCUT2D eigenvalue weighted by atomic mass is 16.3. The number of rotatable bonds is 6. The summed E-state index contributed by atoms with van der Waals surface area (Å²) in [6.07, 6.45) is 4.00. The second-order valence-electron chi connectivity index (χ2n) is 4.37. The molecular weight excluding hydrogens is 176 g/mol. The monoisotopic (exact) mass is 200 g/mol. The lowest BCUT2D eigenvalue weighted by Gasteiger charge is -2.21. The number of nitrogens with zero attached hydrogens (tertiary/aromatic N) is 1. The second-order valence-corrected chi connectivity index (χ2v) is 4.37. The zero-order chi connectivity index (χ0) is 10.4. The van der Waals surface area contributed by atoms with E-state index in [0.29, 0.717) is 0 Å². The fraction of sp³-hybridized carbons (Fsp3) is 1.00. The lowest BCUT2D eigenvalue weighted by atomic mass is 10.0. The number of likely N-dealkylation sites (N-methyl/N-ethyl adjacent to an activating group) is 1. The SMILES string of the molecule is CCCC1CCN(CC(CO)NC)C1. The third-order valence-electron chi connectivity index (χ3n) is 3.17. The molecular formula is C11H24N2O. The van der Waals surface area contributed by atoms with Crippen LogP contribution in [0.4, 0.5) is 0 Å². The third kappa shape index (κ3) is 3.56. The van der Waals surface area contributed by atoms with Crippen molar-refractivity contribution in [1.82, 2.24) is 10.2 Å². The lowest BCUT2D eigenvalue weighted by molar-refractivity contribution is 0.201. The van der Waals surface area contributed by atoms with Crippen LogP contribution < -0.4 is 5.32 Å². The van der Waals surface area contributed by atoms with Gasteiger partial charge in [-0.3, -0.25) is 0 Å². The predicted molar refractivity (Wildman–Crippen MR) is 59.4 cm³/mol. The van der Waals surface area contributed by atoms with Gasteiger partial charge in [0.15, 0.2) is 0 Å². The Kier molecular flexibility index (Phi) is 5.45. The molecule has 0 saturated carbocycles. The quantitative estimate of drug-likeness (QED) is 0.662. The topological polar surface area (TPSA) is 35.5 Å². The zero-order valence-electron chi connectivity index (χ0n) is 9.50. The summed E-state index contributed by atoms with van der Waals surface area (Å²) >= 11 is 0. The molecule has 1 rings (SSSR count). The van der Waals surface area contributed by atoms with Crippen LogP contribution in [0, 0.1) is 5.92 Å². The van der Waals surface area contributed by atoms with Gasteiger partial charge in [-0.1, -0.05) is 13.3 Å². The van der Waals surface area contributed by atoms with Crippen molar-refractivity contribution in [3.8, 4) is 0 Å². The summed E-state index contributed by atoms with van der Waals surface area (Å²) in [5.41, 5.74) is 0. The highest BCUT2D eigenvalue weighted by Gasteiger charge is 2.23. The molecule has 1 fully saturated rings. The van der Waals surface area contributed by atoms with Crippen LogP contribution in [0.3, 0.4) is 0 Å². The maximum atomic E-state index is 9.07. The summed E-state index contributed by atoms with van der Waals surface area (Å²) in [5.74, 6) is 0.899. The molecule has 2 unspecified atom stereocenters. The van der Waals surface area contributed by atoms with E-state index in [2.05, 4.69) is 17.1 Å². The van der Waals surface area contributed by atoms with Crippen molar-refractivity contribution >= 4 is 0 Å². The molecule has 0 spiro atoms. The van der Waals surface area contributed by atoms with Gasteiger partial charge in [0.2, 0.25) is 0 Å². The molecule has 84 valence electrons. The van der Waals surface area contributed by atoms with E-state index in [-0.39, 0.29) is 12.6 Å². The smallest absolute Gasteiger partial charge is 0.0597 e. The fourth-order valence-electron chi connectivity index (χ4n) is 2.27. The van der Waals surface area contributed by atoms with Crippen LogP contribution in [0.25, 0.3) is 0 Å². The maximum absolute atomic E-state index is 9.07. The van der Waals surface area contributed by atoms with E-state index < -0.39 is 0 Å². The largest absolute Gasteiger partial charge is 0.395 e. The van der Waals surface area contributed by atoms with Crippen molar-refractivity contribution in [1.29, 1.82) is 0 Å². The molecule has 0 aromatic carbocycles. The summed E-state index contributed by atoms with van der Waals surface area (Å²) in [6, 6.07) is 0.246. The van der Waals surface area contributed by atoms with Crippen LogP contribution in [0.1, 0.15) is 26.2 Å². The molecule has 0 aromatic rings. The van der Waals surface area contributed by atoms with Gasteiger partial charge >= 0.3 is 0 Å². The normalized spacial score (nSPS) is 25.5. The molecule has 0 aromatic heterocycles. The Bertz CT molecular complexity index is 148. The Hall–Kier alpha value is -0.120. The van der Waals surface area contributed by atoms with Crippen molar-refractivity contribution in [2.45, 2.75) is 32.2 Å². The molecule has 2 atom stereocenters. The average Bonchev–Trinajstić information content (AvgIpc) is 2.63. The van der Waals surface area contributed by atoms with Gasteiger partial charge in [0.05, 0.1) is 6.61 Å². The summed E-state index contributed by atoms with van der Waals surface area (Å²) in [6.45, 7) is 5.93. The van der Waals surface area contributed by atoms with Crippen LogP contribution in [0.15, 0.2) is 0 Å². The number of nitrogens with one attached hydrogen (secondary N) is 1. The van der Waals surface area contributed by atoms with Crippen LogP contribution in [-0.4, -0.2) is 49.3 Å². The number of hydrogen-bond donors (Lipinski definition) is 2. The van der Waals surface area contributed by atoms with E-state index >= 15 is 0 Å². The van der Waals surface area contributed by atoms with Gasteiger partial charge in [-0.2, -0.15) is 0 Å². The summed E-state index contributed by atoms with van der Waals surface area (Å²) < 4.78 is 0. The highest BCUT2D eigenvalue weighted by molar-refractivity contribution is 4.78. The standard InChI is InChI=1S/C11H24N2O/c1-3-4-10-5-6-13(7-10)8-11(9-14)12-2/h10-12,14H,3-9H2,1-2H3. The first-order valence-electron chi connectivity index (χ1n) is 5.80. The number of aliphatic hydroxyl groups excluding tert-OH is 1. The van der Waals surface area contributed by atoms with Gasteiger partial charge < -0.3 is 15.3 Å². The molecule has 2 N–H and O–H groups in total. The van der Waals surface area contributed by atoms with Gasteiger partial charge in [-0.05, 0) is 32.4 Å². The van der Waals surface area contributed by atoms with Crippen LogP contribution in [0.2, 0.25) is 0 Å². The van der Waals surface area contributed by atoms with Gasteiger partial charge in [0.1, 0.15) is 0 Å². The van der Waals surface area contributed by atoms with Crippen molar-refractivity contribution in [3.63, 3.8) is 0 Å². The molecule has 0 radical (unpaired) electrons. The minimum absolute atomic E-state index is 0.242. The van der Waals surface area contributed by atoms with Crippen LogP contribution in [-0.2, 0) is 0 Å². The molecule has 1 aliphatic heterocycles. The van der Waals surface area contributed by atoms with Gasteiger partial charge in [0.25, 0.3) is 0 Å². The number of hydrogen-bond acceptors (Lipinski definition) is 3. The molecule has 3 heteroatoms. The Morgan fingerprint density at radius 2 is 2.36 bits per heavy atom. The maximum Gasteiger partial charge on any atom is 0.0597 e. The zero-order valence-corrected chi connectivity index (χ0v) is 9.50.